The minimum absolute atomic E-state index is 0.0470. The van der Waals surface area contributed by atoms with Crippen LogP contribution in [0.2, 0.25) is 0 Å². The maximum Gasteiger partial charge on any atom is 0.330 e. The Balaban J connectivity index is 2.14. The molecule has 7 nitrogen and oxygen atoms in total. The molecule has 0 bridgehead atoms. The van der Waals surface area contributed by atoms with Crippen molar-refractivity contribution in [1.29, 1.82) is 0 Å². The van der Waals surface area contributed by atoms with Gasteiger partial charge in [-0.2, -0.15) is 0 Å². The molecule has 0 radical (unpaired) electrons. The Hall–Kier alpha value is -2.94. The van der Waals surface area contributed by atoms with E-state index < -0.39 is 23.0 Å². The molecule has 2 aromatic heterocycles. The van der Waals surface area contributed by atoms with Gasteiger partial charge in [0.15, 0.2) is 5.69 Å². The van der Waals surface area contributed by atoms with Crippen molar-refractivity contribution in [2.75, 3.05) is 17.2 Å². The summed E-state index contributed by atoms with van der Waals surface area (Å²) >= 11 is 1.15. The summed E-state index contributed by atoms with van der Waals surface area (Å²) in [7, 11) is 0. The van der Waals surface area contributed by atoms with Gasteiger partial charge in [0.05, 0.1) is 4.88 Å². The van der Waals surface area contributed by atoms with E-state index in [4.69, 9.17) is 5.73 Å². The molecule has 0 saturated carbocycles. The number of unbranched alkanes of at least 4 members (excludes halogenated alkanes) is 1. The number of benzene rings is 1. The number of carbonyl (C=O) groups excluding carboxylic acids is 1. The summed E-state index contributed by atoms with van der Waals surface area (Å²) in [6, 6.07) is 6.15. The second kappa shape index (κ2) is 8.83. The van der Waals surface area contributed by atoms with Gasteiger partial charge in [-0.25, -0.2) is 9.18 Å². The molecule has 1 amide bonds. The van der Waals surface area contributed by atoms with E-state index in [9.17, 15) is 18.8 Å². The second-order valence-electron chi connectivity index (χ2n) is 7.57. The van der Waals surface area contributed by atoms with Gasteiger partial charge in [-0.1, -0.05) is 33.3 Å². The molecular formula is C21H25FN4O3S. The van der Waals surface area contributed by atoms with Crippen molar-refractivity contribution >= 4 is 38.8 Å². The lowest BCUT2D eigenvalue weighted by Gasteiger charge is -2.24. The second-order valence-corrected chi connectivity index (χ2v) is 8.65. The maximum atomic E-state index is 14.1. The molecule has 9 heteroatoms. The lowest BCUT2D eigenvalue weighted by Crippen LogP contribution is -2.41. The van der Waals surface area contributed by atoms with Crippen molar-refractivity contribution < 1.29 is 9.18 Å². The summed E-state index contributed by atoms with van der Waals surface area (Å²) < 4.78 is 16.0. The molecule has 0 unspecified atom stereocenters. The molecule has 30 heavy (non-hydrogen) atoms. The van der Waals surface area contributed by atoms with Gasteiger partial charge in [-0.05, 0) is 30.5 Å². The number of amides is 1. The Kier molecular flexibility index (Phi) is 6.40. The molecule has 3 aromatic rings. The van der Waals surface area contributed by atoms with Gasteiger partial charge >= 0.3 is 5.69 Å². The summed E-state index contributed by atoms with van der Waals surface area (Å²) in [5.41, 5.74) is 4.84. The van der Waals surface area contributed by atoms with Crippen LogP contribution < -0.4 is 21.9 Å². The third-order valence-electron chi connectivity index (χ3n) is 4.73. The summed E-state index contributed by atoms with van der Waals surface area (Å²) in [5, 5.41) is 0.355. The van der Waals surface area contributed by atoms with Crippen LogP contribution in [0, 0.1) is 11.7 Å². The number of hydrogen-bond donors (Lipinski definition) is 2. The van der Waals surface area contributed by atoms with Gasteiger partial charge in [0.1, 0.15) is 11.6 Å². The molecule has 0 aliphatic rings. The Labute approximate surface area is 176 Å². The summed E-state index contributed by atoms with van der Waals surface area (Å²) in [6.45, 7) is 6.35. The molecule has 0 atom stereocenters. The quantitative estimate of drug-likeness (QED) is 0.596. The number of hydrogen-bond acceptors (Lipinski definition) is 5. The first-order chi connectivity index (χ1) is 14.2. The number of anilines is 2. The van der Waals surface area contributed by atoms with Crippen molar-refractivity contribution in [2.45, 2.75) is 40.2 Å². The van der Waals surface area contributed by atoms with Crippen LogP contribution in [-0.4, -0.2) is 22.0 Å². The number of H-pyrrole nitrogens is 1. The van der Waals surface area contributed by atoms with Crippen molar-refractivity contribution in [2.24, 2.45) is 5.92 Å². The lowest BCUT2D eigenvalue weighted by atomic mass is 10.2. The monoisotopic (exact) mass is 432 g/mol. The van der Waals surface area contributed by atoms with E-state index in [0.29, 0.717) is 27.9 Å². The van der Waals surface area contributed by atoms with Crippen LogP contribution in [0.3, 0.4) is 0 Å². The number of fused-ring (bicyclic) bond motifs is 1. The Morgan fingerprint density at radius 3 is 2.70 bits per heavy atom. The summed E-state index contributed by atoms with van der Waals surface area (Å²) in [5.74, 6) is -0.801. The van der Waals surface area contributed by atoms with Crippen LogP contribution in [-0.2, 0) is 6.54 Å². The van der Waals surface area contributed by atoms with Crippen LogP contribution in [0.4, 0.5) is 15.9 Å². The van der Waals surface area contributed by atoms with E-state index in [1.54, 1.807) is 12.1 Å². The first-order valence-corrected chi connectivity index (χ1v) is 10.7. The number of thiophene rings is 1. The van der Waals surface area contributed by atoms with E-state index in [1.165, 1.54) is 21.6 Å². The van der Waals surface area contributed by atoms with E-state index in [0.717, 1.165) is 17.8 Å². The molecule has 2 heterocycles. The average molecular weight is 433 g/mol. The third kappa shape index (κ3) is 4.16. The molecule has 3 N–H and O–H groups in total. The van der Waals surface area contributed by atoms with Crippen molar-refractivity contribution in [3.8, 4) is 0 Å². The maximum absolute atomic E-state index is 14.1. The zero-order valence-electron chi connectivity index (χ0n) is 17.2. The average Bonchev–Trinajstić information content (AvgIpc) is 3.12. The number of aromatic nitrogens is 2. The number of aromatic amines is 1. The predicted octanol–water partition coefficient (Wildman–Crippen LogP) is 3.58. The fourth-order valence-electron chi connectivity index (χ4n) is 3.28. The van der Waals surface area contributed by atoms with Crippen LogP contribution in [0.5, 0.6) is 0 Å². The van der Waals surface area contributed by atoms with Gasteiger partial charge < -0.3 is 5.73 Å². The molecule has 0 aliphatic carbocycles. The largest absolute Gasteiger partial charge is 0.383 e. The number of nitrogens with two attached hydrogens (primary N) is 1. The Bertz CT molecular complexity index is 1200. The number of halogens is 1. The fourth-order valence-corrected chi connectivity index (χ4v) is 4.30. The number of nitrogen functional groups attached to an aromatic ring is 1. The van der Waals surface area contributed by atoms with E-state index >= 15 is 0 Å². The minimum atomic E-state index is -0.714. The Morgan fingerprint density at radius 1 is 1.33 bits per heavy atom. The highest BCUT2D eigenvalue weighted by Gasteiger charge is 2.26. The minimum Gasteiger partial charge on any atom is -0.383 e. The van der Waals surface area contributed by atoms with Gasteiger partial charge in [0.2, 0.25) is 0 Å². The molecule has 160 valence electrons. The fraction of sp³-hybridized carbons (Fsp3) is 0.381. The highest BCUT2D eigenvalue weighted by Crippen LogP contribution is 2.30. The van der Waals surface area contributed by atoms with Gasteiger partial charge in [0, 0.05) is 23.2 Å². The van der Waals surface area contributed by atoms with Crippen LogP contribution in [0.1, 0.15) is 43.3 Å². The van der Waals surface area contributed by atoms with Gasteiger partial charge in [0.25, 0.3) is 11.5 Å². The Morgan fingerprint density at radius 2 is 2.07 bits per heavy atom. The lowest BCUT2D eigenvalue weighted by molar-refractivity contribution is 0.0990. The van der Waals surface area contributed by atoms with E-state index in [1.807, 2.05) is 20.8 Å². The van der Waals surface area contributed by atoms with E-state index in [2.05, 4.69) is 4.98 Å². The summed E-state index contributed by atoms with van der Waals surface area (Å²) in [6.07, 6.45) is 1.42. The molecule has 0 saturated heterocycles. The molecule has 3 rings (SSSR count). The van der Waals surface area contributed by atoms with Gasteiger partial charge in [-0.3, -0.25) is 24.0 Å². The zero-order chi connectivity index (χ0) is 22.0. The number of rotatable bonds is 7. The van der Waals surface area contributed by atoms with Crippen molar-refractivity contribution in [1.82, 2.24) is 9.55 Å². The number of nitrogens with zero attached hydrogens (tertiary/aromatic N) is 2. The first kappa shape index (κ1) is 21.8. The topological polar surface area (TPSA) is 101 Å². The van der Waals surface area contributed by atoms with Gasteiger partial charge in [-0.15, -0.1) is 11.3 Å². The van der Waals surface area contributed by atoms with E-state index in [-0.39, 0.29) is 24.0 Å². The standard InChI is InChI=1S/C21H25FN4O3S/c1-4-5-9-25(17-18(23)26(11-12(2)3)21(29)24-19(17)27)20(28)16-10-13-14(22)7-6-8-15(13)30-16/h6-8,10,12H,4-5,9,11,23H2,1-3H3,(H,24,27,29). The third-order valence-corrected chi connectivity index (χ3v) is 5.82. The SMILES string of the molecule is CCCCN(C(=O)c1cc2c(F)cccc2s1)c1c(N)n(CC(C)C)c(=O)[nH]c1=O. The first-order valence-electron chi connectivity index (χ1n) is 9.87. The highest BCUT2D eigenvalue weighted by atomic mass is 32.1. The number of carbonyl (C=O) groups is 1. The van der Waals surface area contributed by atoms with Crippen molar-refractivity contribution in [3.63, 3.8) is 0 Å². The zero-order valence-corrected chi connectivity index (χ0v) is 18.0. The smallest absolute Gasteiger partial charge is 0.330 e. The molecule has 0 aliphatic heterocycles. The normalized spacial score (nSPS) is 11.4. The molecule has 1 aromatic carbocycles. The van der Waals surface area contributed by atoms with Crippen LogP contribution in [0.15, 0.2) is 33.9 Å². The molecular weight excluding hydrogens is 407 g/mol. The van der Waals surface area contributed by atoms with Crippen LogP contribution in [0.25, 0.3) is 10.1 Å². The van der Waals surface area contributed by atoms with Crippen molar-refractivity contribution in [3.05, 3.63) is 55.8 Å². The molecule has 0 spiro atoms. The predicted molar refractivity (Wildman–Crippen MR) is 119 cm³/mol. The molecule has 0 fully saturated rings. The highest BCUT2D eigenvalue weighted by molar-refractivity contribution is 7.20. The number of nitrogens with one attached hydrogen (secondary N) is 1. The van der Waals surface area contributed by atoms with Crippen LogP contribution >= 0.6 is 11.3 Å². The summed E-state index contributed by atoms with van der Waals surface area (Å²) in [4.78, 5) is 42.2.